The third-order valence-corrected chi connectivity index (χ3v) is 5.29. The molecule has 0 aromatic heterocycles. The van der Waals surface area contributed by atoms with Crippen molar-refractivity contribution in [1.29, 1.82) is 0 Å². The number of fused-ring (bicyclic) bond motifs is 1. The fraction of sp³-hybridized carbons (Fsp3) is 0.200. The maximum absolute atomic E-state index is 13.6. The highest BCUT2D eigenvalue weighted by atomic mass is 19.1. The van der Waals surface area contributed by atoms with E-state index in [0.29, 0.717) is 29.0 Å². The lowest BCUT2D eigenvalue weighted by molar-refractivity contribution is -0.139. The van der Waals surface area contributed by atoms with Crippen LogP contribution in [-0.2, 0) is 17.9 Å². The van der Waals surface area contributed by atoms with E-state index in [1.54, 1.807) is 25.1 Å². The van der Waals surface area contributed by atoms with Crippen molar-refractivity contribution < 1.29 is 27.5 Å². The fourth-order valence-electron chi connectivity index (χ4n) is 3.73. The van der Waals surface area contributed by atoms with Gasteiger partial charge in [-0.25, -0.2) is 13.2 Å². The van der Waals surface area contributed by atoms with E-state index in [4.69, 9.17) is 4.74 Å². The van der Waals surface area contributed by atoms with Crippen molar-refractivity contribution in [2.45, 2.75) is 32.5 Å². The van der Waals surface area contributed by atoms with Gasteiger partial charge in [0.05, 0.1) is 0 Å². The van der Waals surface area contributed by atoms with Crippen molar-refractivity contribution in [2.24, 2.45) is 0 Å². The molecule has 1 N–H and O–H groups in total. The summed E-state index contributed by atoms with van der Waals surface area (Å²) in [4.78, 5) is 26.9. The van der Waals surface area contributed by atoms with Gasteiger partial charge in [0.2, 0.25) is 0 Å². The molecule has 0 radical (unpaired) electrons. The molecular formula is C25H21F3N2O3. The SMILES string of the molecule is CCC1Oc2ccc(NC(=O)c3cccc(F)c3)cc2CN(Cc2cc(F)cc(F)c2)C1=O. The maximum atomic E-state index is 13.6. The molecule has 3 aromatic carbocycles. The number of rotatable bonds is 5. The van der Waals surface area contributed by atoms with Gasteiger partial charge in [-0.2, -0.15) is 0 Å². The van der Waals surface area contributed by atoms with E-state index in [1.807, 2.05) is 0 Å². The number of carbonyl (C=O) groups is 2. The summed E-state index contributed by atoms with van der Waals surface area (Å²) >= 11 is 0. The van der Waals surface area contributed by atoms with Gasteiger partial charge in [0.1, 0.15) is 23.2 Å². The van der Waals surface area contributed by atoms with E-state index in [2.05, 4.69) is 5.32 Å². The van der Waals surface area contributed by atoms with Crippen LogP contribution < -0.4 is 10.1 Å². The minimum atomic E-state index is -0.752. The second-order valence-corrected chi connectivity index (χ2v) is 7.77. The molecule has 3 aromatic rings. The molecule has 1 heterocycles. The van der Waals surface area contributed by atoms with Crippen molar-refractivity contribution in [2.75, 3.05) is 5.32 Å². The smallest absolute Gasteiger partial charge is 0.264 e. The number of nitrogens with one attached hydrogen (secondary N) is 1. The molecule has 5 nitrogen and oxygen atoms in total. The Morgan fingerprint density at radius 3 is 2.48 bits per heavy atom. The summed E-state index contributed by atoms with van der Waals surface area (Å²) in [5.41, 5.74) is 1.53. The third-order valence-electron chi connectivity index (χ3n) is 5.29. The first kappa shape index (κ1) is 22.4. The standard InChI is InChI=1S/C25H21F3N2O3/c1-2-22-25(32)30(13-15-8-19(27)12-20(28)9-15)14-17-11-21(6-7-23(17)33-22)29-24(31)16-4-3-5-18(26)10-16/h3-12,22H,2,13-14H2,1H3,(H,29,31). The van der Waals surface area contributed by atoms with Crippen molar-refractivity contribution in [3.05, 3.63) is 94.8 Å². The van der Waals surface area contributed by atoms with E-state index >= 15 is 0 Å². The van der Waals surface area contributed by atoms with Gasteiger partial charge >= 0.3 is 0 Å². The predicted molar refractivity (Wildman–Crippen MR) is 116 cm³/mol. The van der Waals surface area contributed by atoms with E-state index in [0.717, 1.165) is 12.1 Å². The first-order valence-electron chi connectivity index (χ1n) is 10.4. The number of nitrogens with zero attached hydrogens (tertiary/aromatic N) is 1. The van der Waals surface area contributed by atoms with Crippen molar-refractivity contribution in [1.82, 2.24) is 4.90 Å². The fourth-order valence-corrected chi connectivity index (χ4v) is 3.73. The summed E-state index contributed by atoms with van der Waals surface area (Å²) < 4.78 is 46.6. The topological polar surface area (TPSA) is 58.6 Å². The summed E-state index contributed by atoms with van der Waals surface area (Å²) in [6.07, 6.45) is -0.345. The van der Waals surface area contributed by atoms with Crippen LogP contribution in [0.15, 0.2) is 60.7 Å². The van der Waals surface area contributed by atoms with Crippen LogP contribution in [0.2, 0.25) is 0 Å². The molecule has 33 heavy (non-hydrogen) atoms. The molecule has 1 aliphatic heterocycles. The Hall–Kier alpha value is -3.81. The van der Waals surface area contributed by atoms with Gasteiger partial charge < -0.3 is 15.0 Å². The van der Waals surface area contributed by atoms with Gasteiger partial charge in [0.25, 0.3) is 11.8 Å². The molecule has 8 heteroatoms. The number of ether oxygens (including phenoxy) is 1. The Balaban J connectivity index is 1.60. The first-order chi connectivity index (χ1) is 15.8. The lowest BCUT2D eigenvalue weighted by atomic mass is 10.1. The van der Waals surface area contributed by atoms with Crippen LogP contribution in [0, 0.1) is 17.5 Å². The van der Waals surface area contributed by atoms with Crippen LogP contribution in [0.4, 0.5) is 18.9 Å². The number of hydrogen-bond donors (Lipinski definition) is 1. The second-order valence-electron chi connectivity index (χ2n) is 7.77. The van der Waals surface area contributed by atoms with E-state index in [-0.39, 0.29) is 24.6 Å². The molecule has 2 amide bonds. The molecule has 170 valence electrons. The molecule has 0 spiro atoms. The van der Waals surface area contributed by atoms with E-state index in [9.17, 15) is 22.8 Å². The van der Waals surface area contributed by atoms with Crippen LogP contribution in [0.3, 0.4) is 0 Å². The molecule has 1 aliphatic rings. The zero-order valence-corrected chi connectivity index (χ0v) is 17.8. The molecule has 0 bridgehead atoms. The van der Waals surface area contributed by atoms with Crippen molar-refractivity contribution in [3.63, 3.8) is 0 Å². The number of benzene rings is 3. The van der Waals surface area contributed by atoms with E-state index in [1.165, 1.54) is 35.2 Å². The molecule has 1 atom stereocenters. The summed E-state index contributed by atoms with van der Waals surface area (Å²) in [6, 6.07) is 13.4. The largest absolute Gasteiger partial charge is 0.480 e. The maximum Gasteiger partial charge on any atom is 0.264 e. The highest BCUT2D eigenvalue weighted by Crippen LogP contribution is 2.30. The number of anilines is 1. The Bertz CT molecular complexity index is 1200. The van der Waals surface area contributed by atoms with Gasteiger partial charge in [0.15, 0.2) is 6.10 Å². The Morgan fingerprint density at radius 1 is 1.03 bits per heavy atom. The van der Waals surface area contributed by atoms with Crippen LogP contribution in [0.1, 0.15) is 34.8 Å². The second kappa shape index (κ2) is 9.36. The number of carbonyl (C=O) groups excluding carboxylic acids is 2. The van der Waals surface area contributed by atoms with Crippen LogP contribution in [0.5, 0.6) is 5.75 Å². The van der Waals surface area contributed by atoms with Gasteiger partial charge in [-0.3, -0.25) is 9.59 Å². The van der Waals surface area contributed by atoms with E-state index < -0.39 is 29.5 Å². The predicted octanol–water partition coefficient (Wildman–Crippen LogP) is 5.06. The van der Waals surface area contributed by atoms with Crippen molar-refractivity contribution >= 4 is 17.5 Å². The average molecular weight is 454 g/mol. The van der Waals surface area contributed by atoms with Crippen molar-refractivity contribution in [3.8, 4) is 5.75 Å². The van der Waals surface area contributed by atoms with Crippen LogP contribution in [0.25, 0.3) is 0 Å². The Morgan fingerprint density at radius 2 is 1.79 bits per heavy atom. The minimum Gasteiger partial charge on any atom is -0.480 e. The summed E-state index contributed by atoms with van der Waals surface area (Å²) in [5.74, 6) is -2.28. The lowest BCUT2D eigenvalue weighted by Gasteiger charge is -2.23. The average Bonchev–Trinajstić information content (AvgIpc) is 2.89. The number of amides is 2. The first-order valence-corrected chi connectivity index (χ1v) is 10.4. The van der Waals surface area contributed by atoms with Crippen LogP contribution >= 0.6 is 0 Å². The lowest BCUT2D eigenvalue weighted by Crippen LogP contribution is -2.38. The Labute approximate surface area is 188 Å². The summed E-state index contributed by atoms with van der Waals surface area (Å²) in [5, 5.41) is 2.71. The third kappa shape index (κ3) is 5.16. The van der Waals surface area contributed by atoms with Gasteiger partial charge in [0, 0.05) is 36.0 Å². The molecule has 0 saturated carbocycles. The molecule has 0 saturated heterocycles. The monoisotopic (exact) mass is 454 g/mol. The molecule has 4 rings (SSSR count). The van der Waals surface area contributed by atoms with Gasteiger partial charge in [-0.1, -0.05) is 13.0 Å². The van der Waals surface area contributed by atoms with Gasteiger partial charge in [-0.15, -0.1) is 0 Å². The molecular weight excluding hydrogens is 433 g/mol. The molecule has 0 fully saturated rings. The quantitative estimate of drug-likeness (QED) is 0.587. The summed E-state index contributed by atoms with van der Waals surface area (Å²) in [7, 11) is 0. The normalized spacial score (nSPS) is 15.5. The number of halogens is 3. The van der Waals surface area contributed by atoms with Gasteiger partial charge in [-0.05, 0) is 60.5 Å². The molecule has 0 aliphatic carbocycles. The highest BCUT2D eigenvalue weighted by molar-refractivity contribution is 6.04. The highest BCUT2D eigenvalue weighted by Gasteiger charge is 2.30. The van der Waals surface area contributed by atoms with Crippen LogP contribution in [-0.4, -0.2) is 22.8 Å². The zero-order valence-electron chi connectivity index (χ0n) is 17.8. The zero-order chi connectivity index (χ0) is 23.5. The summed E-state index contributed by atoms with van der Waals surface area (Å²) in [6.45, 7) is 1.92. The molecule has 1 unspecified atom stereocenters. The number of hydrogen-bond acceptors (Lipinski definition) is 3. The minimum absolute atomic E-state index is 0.00725. The Kier molecular flexibility index (Phi) is 6.35.